The molecule has 0 spiro atoms. The summed E-state index contributed by atoms with van der Waals surface area (Å²) in [6, 6.07) is 7.93. The van der Waals surface area contributed by atoms with Crippen LogP contribution in [-0.2, 0) is 4.74 Å². The van der Waals surface area contributed by atoms with E-state index >= 15 is 0 Å². The third-order valence-corrected chi connectivity index (χ3v) is 2.87. The van der Waals surface area contributed by atoms with Gasteiger partial charge < -0.3 is 9.84 Å². The van der Waals surface area contributed by atoms with Crippen molar-refractivity contribution in [1.82, 2.24) is 0 Å². The van der Waals surface area contributed by atoms with Gasteiger partial charge in [0, 0.05) is 11.5 Å². The molecule has 0 aliphatic heterocycles. The molecule has 0 aliphatic rings. The molecule has 0 aliphatic carbocycles. The molecular formula is C12H18O2S. The topological polar surface area (TPSA) is 29.5 Å². The van der Waals surface area contributed by atoms with Crippen LogP contribution in [0, 0.1) is 0 Å². The summed E-state index contributed by atoms with van der Waals surface area (Å²) in [4.78, 5) is 1.21. The highest BCUT2D eigenvalue weighted by Crippen LogP contribution is 2.19. The summed E-state index contributed by atoms with van der Waals surface area (Å²) in [5, 5.41) is 9.78. The standard InChI is InChI=1S/C12H18O2S/c1-3-8-14-9-12(13)10-4-6-11(15-2)7-5-10/h4-7,12-13H,3,8-9H2,1-2H3. The van der Waals surface area contributed by atoms with Crippen molar-refractivity contribution in [1.29, 1.82) is 0 Å². The highest BCUT2D eigenvalue weighted by atomic mass is 32.2. The number of hydrogen-bond acceptors (Lipinski definition) is 3. The molecule has 15 heavy (non-hydrogen) atoms. The third-order valence-electron chi connectivity index (χ3n) is 2.12. The Bertz CT molecular complexity index is 271. The van der Waals surface area contributed by atoms with Gasteiger partial charge in [0.15, 0.2) is 0 Å². The number of benzene rings is 1. The molecule has 84 valence electrons. The summed E-state index contributed by atoms with van der Waals surface area (Å²) < 4.78 is 5.30. The molecule has 1 N–H and O–H groups in total. The van der Waals surface area contributed by atoms with E-state index < -0.39 is 6.10 Å². The molecular weight excluding hydrogens is 208 g/mol. The second-order valence-electron chi connectivity index (χ2n) is 3.36. The van der Waals surface area contributed by atoms with Crippen LogP contribution in [0.25, 0.3) is 0 Å². The Morgan fingerprint density at radius 2 is 2.00 bits per heavy atom. The number of hydrogen-bond donors (Lipinski definition) is 1. The highest BCUT2D eigenvalue weighted by Gasteiger charge is 2.06. The summed E-state index contributed by atoms with van der Waals surface area (Å²) in [5.41, 5.74) is 0.920. The van der Waals surface area contributed by atoms with Crippen LogP contribution >= 0.6 is 11.8 Å². The van der Waals surface area contributed by atoms with Crippen molar-refractivity contribution in [3.63, 3.8) is 0 Å². The second kappa shape index (κ2) is 6.88. The predicted molar refractivity (Wildman–Crippen MR) is 64.3 cm³/mol. The molecule has 0 aromatic heterocycles. The summed E-state index contributed by atoms with van der Waals surface area (Å²) in [6.07, 6.45) is 2.51. The van der Waals surface area contributed by atoms with Crippen molar-refractivity contribution in [3.8, 4) is 0 Å². The second-order valence-corrected chi connectivity index (χ2v) is 4.24. The summed E-state index contributed by atoms with van der Waals surface area (Å²) in [7, 11) is 0. The van der Waals surface area contributed by atoms with E-state index in [1.165, 1.54) is 4.90 Å². The van der Waals surface area contributed by atoms with E-state index in [0.717, 1.165) is 12.0 Å². The first-order chi connectivity index (χ1) is 7.27. The Morgan fingerprint density at radius 1 is 1.33 bits per heavy atom. The summed E-state index contributed by atoms with van der Waals surface area (Å²) in [5.74, 6) is 0. The lowest BCUT2D eigenvalue weighted by Gasteiger charge is -2.11. The minimum absolute atomic E-state index is 0.381. The molecule has 0 heterocycles. The molecule has 1 rings (SSSR count). The minimum Gasteiger partial charge on any atom is -0.386 e. The molecule has 0 amide bonds. The summed E-state index contributed by atoms with van der Waals surface area (Å²) in [6.45, 7) is 3.14. The number of aliphatic hydroxyl groups excluding tert-OH is 1. The Labute approximate surface area is 95.7 Å². The fourth-order valence-electron chi connectivity index (χ4n) is 1.26. The lowest BCUT2D eigenvalue weighted by Crippen LogP contribution is -2.07. The van der Waals surface area contributed by atoms with Gasteiger partial charge in [-0.05, 0) is 30.4 Å². The maximum atomic E-state index is 9.78. The first-order valence-electron chi connectivity index (χ1n) is 5.17. The molecule has 1 atom stereocenters. The first-order valence-corrected chi connectivity index (χ1v) is 6.40. The van der Waals surface area contributed by atoms with Crippen molar-refractivity contribution in [2.24, 2.45) is 0 Å². The molecule has 0 saturated carbocycles. The van der Waals surface area contributed by atoms with Crippen LogP contribution in [-0.4, -0.2) is 24.6 Å². The molecule has 0 radical (unpaired) electrons. The number of thioether (sulfide) groups is 1. The van der Waals surface area contributed by atoms with Gasteiger partial charge in [-0.2, -0.15) is 0 Å². The Kier molecular flexibility index (Phi) is 5.76. The minimum atomic E-state index is -0.507. The van der Waals surface area contributed by atoms with Crippen LogP contribution in [0.1, 0.15) is 25.0 Å². The van der Waals surface area contributed by atoms with Gasteiger partial charge in [0.05, 0.1) is 6.61 Å². The van der Waals surface area contributed by atoms with Crippen molar-refractivity contribution < 1.29 is 9.84 Å². The van der Waals surface area contributed by atoms with Crippen LogP contribution in [0.4, 0.5) is 0 Å². The largest absolute Gasteiger partial charge is 0.386 e. The molecule has 1 unspecified atom stereocenters. The molecule has 0 fully saturated rings. The maximum absolute atomic E-state index is 9.78. The van der Waals surface area contributed by atoms with Crippen LogP contribution in [0.5, 0.6) is 0 Å². The van der Waals surface area contributed by atoms with Gasteiger partial charge in [-0.1, -0.05) is 19.1 Å². The van der Waals surface area contributed by atoms with Crippen LogP contribution in [0.3, 0.4) is 0 Å². The lowest BCUT2D eigenvalue weighted by atomic mass is 10.1. The SMILES string of the molecule is CCCOCC(O)c1ccc(SC)cc1. The maximum Gasteiger partial charge on any atom is 0.102 e. The zero-order chi connectivity index (χ0) is 11.1. The van der Waals surface area contributed by atoms with E-state index in [-0.39, 0.29) is 0 Å². The Morgan fingerprint density at radius 3 is 2.53 bits per heavy atom. The van der Waals surface area contributed by atoms with Gasteiger partial charge >= 0.3 is 0 Å². The highest BCUT2D eigenvalue weighted by molar-refractivity contribution is 7.98. The monoisotopic (exact) mass is 226 g/mol. The predicted octanol–water partition coefficient (Wildman–Crippen LogP) is 2.87. The molecule has 1 aromatic rings. The average molecular weight is 226 g/mol. The van der Waals surface area contributed by atoms with Crippen molar-refractivity contribution in [2.45, 2.75) is 24.3 Å². The Hall–Kier alpha value is -0.510. The van der Waals surface area contributed by atoms with E-state index in [1.807, 2.05) is 30.5 Å². The zero-order valence-corrected chi connectivity index (χ0v) is 10.1. The van der Waals surface area contributed by atoms with Gasteiger partial charge in [-0.25, -0.2) is 0 Å². The van der Waals surface area contributed by atoms with Gasteiger partial charge in [0.2, 0.25) is 0 Å². The van der Waals surface area contributed by atoms with E-state index in [2.05, 4.69) is 6.92 Å². The average Bonchev–Trinajstić information content (AvgIpc) is 2.29. The van der Waals surface area contributed by atoms with E-state index in [1.54, 1.807) is 11.8 Å². The van der Waals surface area contributed by atoms with E-state index in [9.17, 15) is 5.11 Å². The fourth-order valence-corrected chi connectivity index (χ4v) is 1.67. The van der Waals surface area contributed by atoms with Crippen molar-refractivity contribution >= 4 is 11.8 Å². The number of aliphatic hydroxyl groups is 1. The van der Waals surface area contributed by atoms with Gasteiger partial charge in [0.25, 0.3) is 0 Å². The quantitative estimate of drug-likeness (QED) is 0.597. The first kappa shape index (κ1) is 12.6. The normalized spacial score (nSPS) is 12.7. The van der Waals surface area contributed by atoms with Crippen LogP contribution < -0.4 is 0 Å². The van der Waals surface area contributed by atoms with E-state index in [0.29, 0.717) is 13.2 Å². The Balaban J connectivity index is 2.46. The zero-order valence-electron chi connectivity index (χ0n) is 9.27. The number of rotatable bonds is 6. The van der Waals surface area contributed by atoms with Crippen molar-refractivity contribution in [2.75, 3.05) is 19.5 Å². The molecule has 3 heteroatoms. The van der Waals surface area contributed by atoms with Crippen molar-refractivity contribution in [3.05, 3.63) is 29.8 Å². The molecule has 2 nitrogen and oxygen atoms in total. The number of ether oxygens (including phenoxy) is 1. The summed E-state index contributed by atoms with van der Waals surface area (Å²) >= 11 is 1.70. The van der Waals surface area contributed by atoms with Gasteiger partial charge in [-0.3, -0.25) is 0 Å². The molecule has 1 aromatic carbocycles. The molecule has 0 bridgehead atoms. The van der Waals surface area contributed by atoms with E-state index in [4.69, 9.17) is 4.74 Å². The fraction of sp³-hybridized carbons (Fsp3) is 0.500. The lowest BCUT2D eigenvalue weighted by molar-refractivity contribution is 0.0363. The smallest absolute Gasteiger partial charge is 0.102 e. The third kappa shape index (κ3) is 4.24. The van der Waals surface area contributed by atoms with Crippen LogP contribution in [0.2, 0.25) is 0 Å². The van der Waals surface area contributed by atoms with Gasteiger partial charge in [-0.15, -0.1) is 11.8 Å². The van der Waals surface area contributed by atoms with Gasteiger partial charge in [0.1, 0.15) is 6.10 Å². The molecule has 0 saturated heterocycles. The van der Waals surface area contributed by atoms with Crippen LogP contribution in [0.15, 0.2) is 29.2 Å².